The number of rotatable bonds is 7. The Balaban J connectivity index is 2.25. The molecule has 1 aromatic heterocycles. The lowest BCUT2D eigenvalue weighted by atomic mass is 9.67. The van der Waals surface area contributed by atoms with Gasteiger partial charge in [0.05, 0.1) is 11.0 Å². The lowest BCUT2D eigenvalue weighted by Crippen LogP contribution is -2.43. The number of allylic oxidation sites excluding steroid dienone is 7. The molecule has 1 aliphatic rings. The second-order valence-corrected chi connectivity index (χ2v) is 9.51. The summed E-state index contributed by atoms with van der Waals surface area (Å²) in [5, 5.41) is 30.7. The SMILES string of the molecule is CC(C)=CCCC(C)=CC[C@]1(CC=C(C)C)C(=O)C(O)=Cc2oc3cc(O)cc(O)c3c(=O)c21. The Morgan fingerprint density at radius 2 is 1.59 bits per heavy atom. The molecule has 0 radical (unpaired) electrons. The van der Waals surface area contributed by atoms with Crippen LogP contribution in [0, 0.1) is 0 Å². The molecule has 0 saturated heterocycles. The standard InChI is InChI=1S/C28H32O6/c1-16(2)7-6-8-18(5)10-12-28(11-9-17(3)4)25-23(15-21(31)27(28)33)34-22-14-19(29)13-20(30)24(22)26(25)32/h7,9-10,13-15,29-31H,6,8,11-12H2,1-5H3/t28-/m0/s1. The first-order chi connectivity index (χ1) is 16.0. The number of hydrogen-bond acceptors (Lipinski definition) is 6. The van der Waals surface area contributed by atoms with Crippen LogP contribution in [-0.4, -0.2) is 21.1 Å². The van der Waals surface area contributed by atoms with E-state index in [2.05, 4.69) is 6.08 Å². The first-order valence-corrected chi connectivity index (χ1v) is 11.4. The molecule has 1 aromatic carbocycles. The quantitative estimate of drug-likeness (QED) is 0.411. The number of aliphatic hydroxyl groups is 1. The van der Waals surface area contributed by atoms with Crippen molar-refractivity contribution < 1.29 is 24.5 Å². The van der Waals surface area contributed by atoms with Gasteiger partial charge in [0, 0.05) is 18.2 Å². The topological polar surface area (TPSA) is 108 Å². The smallest absolute Gasteiger partial charge is 0.208 e. The average Bonchev–Trinajstić information content (AvgIpc) is 2.72. The molecule has 6 heteroatoms. The van der Waals surface area contributed by atoms with Gasteiger partial charge in [0.2, 0.25) is 11.2 Å². The zero-order valence-electron chi connectivity index (χ0n) is 20.4. The largest absolute Gasteiger partial charge is 0.508 e. The third-order valence-corrected chi connectivity index (χ3v) is 6.15. The van der Waals surface area contributed by atoms with E-state index in [1.807, 2.05) is 46.8 Å². The first-order valence-electron chi connectivity index (χ1n) is 11.4. The van der Waals surface area contributed by atoms with Crippen LogP contribution in [0.5, 0.6) is 11.5 Å². The predicted octanol–water partition coefficient (Wildman–Crippen LogP) is 6.36. The van der Waals surface area contributed by atoms with Crippen molar-refractivity contribution in [3.05, 3.63) is 74.4 Å². The fraction of sp³-hybridized carbons (Fsp3) is 0.357. The van der Waals surface area contributed by atoms with E-state index in [4.69, 9.17) is 4.42 Å². The molecule has 180 valence electrons. The monoisotopic (exact) mass is 464 g/mol. The van der Waals surface area contributed by atoms with E-state index in [-0.39, 0.29) is 40.9 Å². The maximum atomic E-state index is 13.7. The van der Waals surface area contributed by atoms with Gasteiger partial charge in [-0.25, -0.2) is 0 Å². The van der Waals surface area contributed by atoms with Crippen molar-refractivity contribution in [2.75, 3.05) is 0 Å². The number of carbonyl (C=O) groups excluding carboxylic acids is 1. The molecule has 34 heavy (non-hydrogen) atoms. The summed E-state index contributed by atoms with van der Waals surface area (Å²) in [5.74, 6) is -1.69. The number of benzene rings is 1. The highest BCUT2D eigenvalue weighted by Crippen LogP contribution is 2.43. The zero-order valence-corrected chi connectivity index (χ0v) is 20.4. The molecule has 2 aromatic rings. The fourth-order valence-corrected chi connectivity index (χ4v) is 4.30. The molecular formula is C28H32O6. The highest BCUT2D eigenvalue weighted by Gasteiger charge is 2.47. The van der Waals surface area contributed by atoms with Gasteiger partial charge in [-0.05, 0) is 60.3 Å². The van der Waals surface area contributed by atoms with E-state index >= 15 is 0 Å². The number of aromatic hydroxyl groups is 2. The minimum Gasteiger partial charge on any atom is -0.508 e. The molecule has 0 saturated carbocycles. The van der Waals surface area contributed by atoms with Crippen LogP contribution in [0.4, 0.5) is 0 Å². The summed E-state index contributed by atoms with van der Waals surface area (Å²) < 4.78 is 5.85. The molecular weight excluding hydrogens is 432 g/mol. The molecule has 1 heterocycles. The number of phenolic OH excluding ortho intramolecular Hbond substituents is 2. The van der Waals surface area contributed by atoms with Crippen LogP contribution in [0.15, 0.2) is 62.1 Å². The van der Waals surface area contributed by atoms with Crippen LogP contribution in [0.25, 0.3) is 17.0 Å². The van der Waals surface area contributed by atoms with Gasteiger partial charge >= 0.3 is 0 Å². The molecule has 0 unspecified atom stereocenters. The molecule has 0 aliphatic heterocycles. The van der Waals surface area contributed by atoms with Crippen molar-refractivity contribution in [2.24, 2.45) is 0 Å². The number of fused-ring (bicyclic) bond motifs is 2. The van der Waals surface area contributed by atoms with Gasteiger partial charge in [-0.3, -0.25) is 9.59 Å². The molecule has 6 nitrogen and oxygen atoms in total. The van der Waals surface area contributed by atoms with Gasteiger partial charge in [-0.2, -0.15) is 0 Å². The Bertz CT molecular complexity index is 1310. The maximum Gasteiger partial charge on any atom is 0.208 e. The Kier molecular flexibility index (Phi) is 7.20. The van der Waals surface area contributed by atoms with Gasteiger partial charge in [-0.1, -0.05) is 34.9 Å². The Labute approximate surface area is 199 Å². The fourth-order valence-electron chi connectivity index (χ4n) is 4.30. The van der Waals surface area contributed by atoms with E-state index in [1.54, 1.807) is 0 Å². The van der Waals surface area contributed by atoms with Gasteiger partial charge in [-0.15, -0.1) is 0 Å². The first kappa shape index (κ1) is 25.1. The van der Waals surface area contributed by atoms with Crippen LogP contribution in [0.1, 0.15) is 71.6 Å². The Morgan fingerprint density at radius 3 is 2.24 bits per heavy atom. The van der Waals surface area contributed by atoms with Gasteiger partial charge in [0.15, 0.2) is 5.76 Å². The van der Waals surface area contributed by atoms with Crippen LogP contribution in [0.2, 0.25) is 0 Å². The molecule has 0 spiro atoms. The van der Waals surface area contributed by atoms with Crippen LogP contribution < -0.4 is 5.43 Å². The minimum absolute atomic E-state index is 0.0239. The second-order valence-electron chi connectivity index (χ2n) is 9.51. The van der Waals surface area contributed by atoms with Crippen molar-refractivity contribution in [3.63, 3.8) is 0 Å². The Morgan fingerprint density at radius 1 is 0.941 bits per heavy atom. The van der Waals surface area contributed by atoms with Crippen LogP contribution >= 0.6 is 0 Å². The second kappa shape index (κ2) is 9.75. The van der Waals surface area contributed by atoms with Crippen molar-refractivity contribution in [1.82, 2.24) is 0 Å². The van der Waals surface area contributed by atoms with E-state index in [1.165, 1.54) is 11.6 Å². The van der Waals surface area contributed by atoms with E-state index in [9.17, 15) is 24.9 Å². The lowest BCUT2D eigenvalue weighted by molar-refractivity contribution is -0.123. The zero-order chi connectivity index (χ0) is 25.2. The molecule has 0 bridgehead atoms. The molecule has 1 aliphatic carbocycles. The van der Waals surface area contributed by atoms with E-state index in [0.717, 1.165) is 36.1 Å². The molecule has 1 atom stereocenters. The normalized spacial score (nSPS) is 17.9. The molecule has 0 amide bonds. The molecule has 0 fully saturated rings. The van der Waals surface area contributed by atoms with Gasteiger partial charge < -0.3 is 19.7 Å². The lowest BCUT2D eigenvalue weighted by Gasteiger charge is -2.34. The average molecular weight is 465 g/mol. The molecule has 3 rings (SSSR count). The summed E-state index contributed by atoms with van der Waals surface area (Å²) >= 11 is 0. The van der Waals surface area contributed by atoms with Crippen molar-refractivity contribution >= 4 is 22.8 Å². The summed E-state index contributed by atoms with van der Waals surface area (Å²) in [6.07, 6.45) is 9.15. The van der Waals surface area contributed by atoms with Crippen LogP contribution in [-0.2, 0) is 10.2 Å². The highest BCUT2D eigenvalue weighted by molar-refractivity contribution is 6.08. The Hall–Kier alpha value is -3.54. The number of Topliss-reactive ketones (excluding diaryl/α,β-unsaturated/α-hetero) is 1. The van der Waals surface area contributed by atoms with E-state index < -0.39 is 28.1 Å². The highest BCUT2D eigenvalue weighted by atomic mass is 16.3. The summed E-state index contributed by atoms with van der Waals surface area (Å²) in [5.41, 5.74) is 1.40. The maximum absolute atomic E-state index is 13.7. The third-order valence-electron chi connectivity index (χ3n) is 6.15. The summed E-state index contributed by atoms with van der Waals surface area (Å²) in [4.78, 5) is 27.2. The predicted molar refractivity (Wildman–Crippen MR) is 134 cm³/mol. The van der Waals surface area contributed by atoms with E-state index in [0.29, 0.717) is 0 Å². The summed E-state index contributed by atoms with van der Waals surface area (Å²) in [7, 11) is 0. The summed E-state index contributed by atoms with van der Waals surface area (Å²) in [6, 6.07) is 2.29. The third kappa shape index (κ3) is 4.86. The summed E-state index contributed by atoms with van der Waals surface area (Å²) in [6.45, 7) is 9.86. The van der Waals surface area contributed by atoms with Gasteiger partial charge in [0.1, 0.15) is 28.2 Å². The molecule has 3 N–H and O–H groups in total. The van der Waals surface area contributed by atoms with Crippen molar-refractivity contribution in [1.29, 1.82) is 0 Å². The number of hydrogen-bond donors (Lipinski definition) is 3. The number of aliphatic hydroxyl groups excluding tert-OH is 1. The van der Waals surface area contributed by atoms with Crippen molar-refractivity contribution in [3.8, 4) is 11.5 Å². The van der Waals surface area contributed by atoms with Gasteiger partial charge in [0.25, 0.3) is 0 Å². The number of carbonyl (C=O) groups is 1. The van der Waals surface area contributed by atoms with Crippen molar-refractivity contribution in [2.45, 2.75) is 65.7 Å². The number of ketones is 1. The number of phenols is 2. The van der Waals surface area contributed by atoms with Crippen LogP contribution in [0.3, 0.4) is 0 Å². The minimum atomic E-state index is -1.39.